The number of carbonyl (C=O) groups excluding carboxylic acids is 2. The second-order valence-corrected chi connectivity index (χ2v) is 12.5. The molecule has 11 nitrogen and oxygen atoms in total. The fourth-order valence-corrected chi connectivity index (χ4v) is 4.70. The molecule has 0 bridgehead atoms. The van der Waals surface area contributed by atoms with Gasteiger partial charge in [-0.2, -0.15) is 0 Å². The van der Waals surface area contributed by atoms with Gasteiger partial charge in [-0.15, -0.1) is 0 Å². The molecule has 0 saturated heterocycles. The average molecular weight is 687 g/mol. The van der Waals surface area contributed by atoms with Crippen LogP contribution in [-0.4, -0.2) is 55.7 Å². The molecule has 0 atom stereocenters. The van der Waals surface area contributed by atoms with Gasteiger partial charge in [0.05, 0.1) is 26.4 Å². The molecule has 3 aromatic carbocycles. The summed E-state index contributed by atoms with van der Waals surface area (Å²) in [5, 5.41) is 29.9. The minimum atomic E-state index is -0.419. The lowest BCUT2D eigenvalue weighted by molar-refractivity contribution is -0.142. The Morgan fingerprint density at radius 1 is 0.510 bits per heavy atom. The zero-order chi connectivity index (χ0) is 37.3. The smallest absolute Gasteiger partial charge is 0.302 e. The Bertz CT molecular complexity index is 1410. The predicted molar refractivity (Wildman–Crippen MR) is 186 cm³/mol. The van der Waals surface area contributed by atoms with Gasteiger partial charge in [0.1, 0.15) is 30.5 Å². The molecule has 0 spiro atoms. The minimum Gasteiger partial charge on any atom is -0.507 e. The highest BCUT2D eigenvalue weighted by molar-refractivity contribution is 5.66. The molecule has 0 unspecified atom stereocenters. The zero-order valence-electron chi connectivity index (χ0n) is 30.8. The number of ether oxygens (including phenoxy) is 6. The molecular formula is C38H54O11. The van der Waals surface area contributed by atoms with Gasteiger partial charge in [0.2, 0.25) is 0 Å². The Labute approximate surface area is 290 Å². The zero-order valence-corrected chi connectivity index (χ0v) is 30.8. The van der Waals surface area contributed by atoms with E-state index in [1.54, 1.807) is 40.6 Å². The van der Waals surface area contributed by atoms with Gasteiger partial charge in [0.25, 0.3) is 0 Å². The molecule has 0 amide bonds. The highest BCUT2D eigenvalue weighted by Gasteiger charge is 2.18. The first-order valence-corrected chi connectivity index (χ1v) is 15.7. The van der Waals surface area contributed by atoms with Crippen LogP contribution >= 0.6 is 0 Å². The van der Waals surface area contributed by atoms with Crippen LogP contribution in [0.4, 0.5) is 0 Å². The Balaban J connectivity index is 0.000000370. The summed E-state index contributed by atoms with van der Waals surface area (Å²) in [6.07, 6.45) is 0. The van der Waals surface area contributed by atoms with Gasteiger partial charge < -0.3 is 43.7 Å². The van der Waals surface area contributed by atoms with Crippen LogP contribution in [0.5, 0.6) is 17.2 Å². The average Bonchev–Trinajstić information content (AvgIpc) is 3.01. The molecule has 0 aliphatic carbocycles. The predicted octanol–water partition coefficient (Wildman–Crippen LogP) is 6.80. The standard InChI is InChI=1S/C14H22O3.C13H16O5.C11H16O3/c1-14(2,3)12-6-10(8-16-4)13(15)11(7-12)9-17-5;1-8-4-11(6-17-9(2)14)13(16)12(5-8)7-18-10(3)15;1-8-4-9(6-13-2)11(12)10(5-8)7-14-3/h6-7,15H,8-9H2,1-5H3;4-5,16H,6-7H2,1-3H3;4-5,12H,6-7H2,1-3H3. The third-order valence-electron chi connectivity index (χ3n) is 7.02. The summed E-state index contributed by atoms with van der Waals surface area (Å²) in [5.41, 5.74) is 7.42. The highest BCUT2D eigenvalue weighted by Crippen LogP contribution is 2.32. The van der Waals surface area contributed by atoms with Crippen LogP contribution in [0.2, 0.25) is 0 Å². The summed E-state index contributed by atoms with van der Waals surface area (Å²) in [4.78, 5) is 21.5. The molecule has 3 aromatic rings. The van der Waals surface area contributed by atoms with Crippen molar-refractivity contribution in [1.82, 2.24) is 0 Å². The van der Waals surface area contributed by atoms with Crippen LogP contribution in [0.25, 0.3) is 0 Å². The van der Waals surface area contributed by atoms with Gasteiger partial charge >= 0.3 is 11.9 Å². The number of carbonyl (C=O) groups is 2. The Hall–Kier alpha value is -4.16. The first kappa shape index (κ1) is 42.9. The highest BCUT2D eigenvalue weighted by atomic mass is 16.5. The SMILES string of the molecule is CC(=O)OCc1cc(C)cc(COC(C)=O)c1O.COCc1cc(C(C)(C)C)cc(COC)c1O.COCc1cc(C)cc(COC)c1O. The quantitative estimate of drug-likeness (QED) is 0.173. The monoisotopic (exact) mass is 686 g/mol. The fraction of sp³-hybridized carbons (Fsp3) is 0.474. The molecule has 0 radical (unpaired) electrons. The largest absolute Gasteiger partial charge is 0.507 e. The fourth-order valence-electron chi connectivity index (χ4n) is 4.70. The van der Waals surface area contributed by atoms with Gasteiger partial charge in [-0.1, -0.05) is 44.0 Å². The van der Waals surface area contributed by atoms with E-state index < -0.39 is 11.9 Å². The molecule has 0 aromatic heterocycles. The first-order chi connectivity index (χ1) is 23.0. The summed E-state index contributed by atoms with van der Waals surface area (Å²) >= 11 is 0. The van der Waals surface area contributed by atoms with Gasteiger partial charge in [0.15, 0.2) is 0 Å². The number of esters is 2. The molecule has 0 aliphatic heterocycles. The second-order valence-electron chi connectivity index (χ2n) is 12.5. The maximum Gasteiger partial charge on any atom is 0.302 e. The molecule has 3 N–H and O–H groups in total. The Morgan fingerprint density at radius 2 is 0.755 bits per heavy atom. The van der Waals surface area contributed by atoms with Crippen molar-refractivity contribution in [2.24, 2.45) is 0 Å². The molecule has 11 heteroatoms. The molecular weight excluding hydrogens is 632 g/mol. The van der Waals surface area contributed by atoms with Crippen molar-refractivity contribution >= 4 is 11.9 Å². The molecule has 0 fully saturated rings. The van der Waals surface area contributed by atoms with Crippen LogP contribution in [0.3, 0.4) is 0 Å². The number of methoxy groups -OCH3 is 4. The number of hydrogen-bond acceptors (Lipinski definition) is 11. The summed E-state index contributed by atoms with van der Waals surface area (Å²) in [6, 6.07) is 11.3. The van der Waals surface area contributed by atoms with Crippen molar-refractivity contribution in [2.75, 3.05) is 28.4 Å². The van der Waals surface area contributed by atoms with Gasteiger partial charge in [0, 0.05) is 75.7 Å². The third-order valence-corrected chi connectivity index (χ3v) is 7.02. The topological polar surface area (TPSA) is 150 Å². The Kier molecular flexibility index (Phi) is 18.4. The second kappa shape index (κ2) is 21.0. The van der Waals surface area contributed by atoms with E-state index in [2.05, 4.69) is 20.8 Å². The van der Waals surface area contributed by atoms with E-state index in [-0.39, 0.29) is 35.9 Å². The summed E-state index contributed by atoms with van der Waals surface area (Å²) in [5.74, 6) is -0.293. The lowest BCUT2D eigenvalue weighted by Crippen LogP contribution is -2.12. The lowest BCUT2D eigenvalue weighted by Gasteiger charge is -2.22. The third kappa shape index (κ3) is 14.9. The number of rotatable bonds is 12. The van der Waals surface area contributed by atoms with Crippen molar-refractivity contribution in [3.8, 4) is 17.2 Å². The number of aromatic hydroxyl groups is 3. The van der Waals surface area contributed by atoms with E-state index in [9.17, 15) is 24.9 Å². The molecule has 0 aliphatic rings. The first-order valence-electron chi connectivity index (χ1n) is 15.7. The molecule has 0 saturated carbocycles. The minimum absolute atomic E-state index is 0.00405. The van der Waals surface area contributed by atoms with Crippen LogP contribution < -0.4 is 0 Å². The van der Waals surface area contributed by atoms with Crippen molar-refractivity contribution < 1.29 is 53.3 Å². The van der Waals surface area contributed by atoms with Crippen molar-refractivity contribution in [3.05, 3.63) is 86.5 Å². The normalized spacial score (nSPS) is 10.8. The van der Waals surface area contributed by atoms with E-state index in [1.807, 2.05) is 38.1 Å². The molecule has 0 heterocycles. The number of benzene rings is 3. The van der Waals surface area contributed by atoms with Crippen molar-refractivity contribution in [3.63, 3.8) is 0 Å². The lowest BCUT2D eigenvalue weighted by atomic mass is 9.85. The maximum atomic E-state index is 10.7. The molecule has 3 rings (SSSR count). The number of hydrogen-bond donors (Lipinski definition) is 3. The van der Waals surface area contributed by atoms with E-state index in [0.29, 0.717) is 37.6 Å². The van der Waals surface area contributed by atoms with Crippen LogP contribution in [0.15, 0.2) is 36.4 Å². The summed E-state index contributed by atoms with van der Waals surface area (Å²) < 4.78 is 29.9. The van der Waals surface area contributed by atoms with Gasteiger partial charge in [-0.25, -0.2) is 0 Å². The maximum absolute atomic E-state index is 10.7. The number of phenols is 3. The van der Waals surface area contributed by atoms with Crippen LogP contribution in [0.1, 0.15) is 84.7 Å². The van der Waals surface area contributed by atoms with Crippen LogP contribution in [-0.2, 0) is 83.1 Å². The van der Waals surface area contributed by atoms with E-state index in [4.69, 9.17) is 28.4 Å². The van der Waals surface area contributed by atoms with Gasteiger partial charge in [-0.05, 0) is 49.1 Å². The van der Waals surface area contributed by atoms with Crippen molar-refractivity contribution in [2.45, 2.75) is 93.5 Å². The Morgan fingerprint density at radius 3 is 0.980 bits per heavy atom. The summed E-state index contributed by atoms with van der Waals surface area (Å²) in [7, 11) is 6.47. The molecule has 49 heavy (non-hydrogen) atoms. The van der Waals surface area contributed by atoms with Crippen LogP contribution in [0, 0.1) is 13.8 Å². The number of phenolic OH excluding ortho intramolecular Hbond substituents is 3. The molecule has 272 valence electrons. The van der Waals surface area contributed by atoms with E-state index in [1.165, 1.54) is 19.4 Å². The van der Waals surface area contributed by atoms with Gasteiger partial charge in [-0.3, -0.25) is 9.59 Å². The van der Waals surface area contributed by atoms with Crippen molar-refractivity contribution in [1.29, 1.82) is 0 Å². The summed E-state index contributed by atoms with van der Waals surface area (Å²) in [6.45, 7) is 14.5. The number of aryl methyl sites for hydroxylation is 2. The van der Waals surface area contributed by atoms with E-state index in [0.717, 1.165) is 33.4 Å². The van der Waals surface area contributed by atoms with E-state index >= 15 is 0 Å².